The summed E-state index contributed by atoms with van der Waals surface area (Å²) in [6.07, 6.45) is -0.989. The predicted molar refractivity (Wildman–Crippen MR) is 87.8 cm³/mol. The zero-order valence-corrected chi connectivity index (χ0v) is 14.8. The molecule has 0 aromatic carbocycles. The summed E-state index contributed by atoms with van der Waals surface area (Å²) in [5, 5.41) is 29.6. The van der Waals surface area contributed by atoms with Gasteiger partial charge in [0.1, 0.15) is 6.10 Å². The van der Waals surface area contributed by atoms with E-state index in [1.165, 1.54) is 0 Å². The summed E-state index contributed by atoms with van der Waals surface area (Å²) in [5.41, 5.74) is -0.335. The number of carbonyl (C=O) groups excluding carboxylic acids is 1. The molecule has 2 rings (SSSR count). The lowest BCUT2D eigenvalue weighted by atomic mass is 9.89. The first-order chi connectivity index (χ1) is 10.6. The molecular weight excluding hydrogens is 296 g/mol. The molecule has 0 spiro atoms. The van der Waals surface area contributed by atoms with Crippen LogP contribution in [0.2, 0.25) is 0 Å². The van der Waals surface area contributed by atoms with Crippen molar-refractivity contribution in [2.45, 2.75) is 64.9 Å². The standard InChI is InChI=1S/C17H32N2O4/c1-11-14(21)15(22)13(20)10-19(11)9-12-5-7-18(8-6-12)16(23)17(2,3)4/h11-15,20-22H,5-10H2,1-4H3/t11-,13+,14-,15-/m1/s1. The van der Waals surface area contributed by atoms with E-state index >= 15 is 0 Å². The molecule has 134 valence electrons. The van der Waals surface area contributed by atoms with Gasteiger partial charge in [-0.05, 0) is 25.7 Å². The van der Waals surface area contributed by atoms with E-state index in [4.69, 9.17) is 0 Å². The second-order valence-electron chi connectivity index (χ2n) is 8.23. The first-order valence-electron chi connectivity index (χ1n) is 8.69. The quantitative estimate of drug-likeness (QED) is 0.667. The number of hydrogen-bond acceptors (Lipinski definition) is 5. The summed E-state index contributed by atoms with van der Waals surface area (Å²) >= 11 is 0. The van der Waals surface area contributed by atoms with E-state index in [0.717, 1.165) is 32.5 Å². The van der Waals surface area contributed by atoms with Crippen molar-refractivity contribution < 1.29 is 20.1 Å². The number of β-amino-alcohol motifs (C(OH)–C–C–N with tert-alkyl or cyclic N) is 1. The second kappa shape index (κ2) is 7.05. The van der Waals surface area contributed by atoms with Crippen LogP contribution in [-0.2, 0) is 4.79 Å². The fourth-order valence-electron chi connectivity index (χ4n) is 3.61. The Labute approximate surface area is 139 Å². The summed E-state index contributed by atoms with van der Waals surface area (Å²) in [6, 6.07) is -0.164. The number of amides is 1. The molecular formula is C17H32N2O4. The lowest BCUT2D eigenvalue weighted by Crippen LogP contribution is -2.61. The van der Waals surface area contributed by atoms with E-state index in [1.54, 1.807) is 0 Å². The molecule has 3 N–H and O–H groups in total. The van der Waals surface area contributed by atoms with Crippen molar-refractivity contribution in [3.63, 3.8) is 0 Å². The molecule has 4 atom stereocenters. The number of carbonyl (C=O) groups is 1. The minimum absolute atomic E-state index is 0.164. The molecule has 0 saturated carbocycles. The predicted octanol–water partition coefficient (Wildman–Crippen LogP) is 0.0579. The Morgan fingerprint density at radius 3 is 2.17 bits per heavy atom. The topological polar surface area (TPSA) is 84.2 Å². The van der Waals surface area contributed by atoms with Crippen molar-refractivity contribution >= 4 is 5.91 Å². The zero-order valence-electron chi connectivity index (χ0n) is 14.8. The number of aliphatic hydroxyl groups is 3. The van der Waals surface area contributed by atoms with Gasteiger partial charge in [0.05, 0.1) is 12.2 Å². The number of nitrogens with zero attached hydrogens (tertiary/aromatic N) is 2. The fourth-order valence-corrected chi connectivity index (χ4v) is 3.61. The van der Waals surface area contributed by atoms with Gasteiger partial charge in [0.15, 0.2) is 0 Å². The summed E-state index contributed by atoms with van der Waals surface area (Å²) in [4.78, 5) is 16.3. The molecule has 0 aliphatic carbocycles. The van der Waals surface area contributed by atoms with Crippen LogP contribution in [0, 0.1) is 11.3 Å². The van der Waals surface area contributed by atoms with Gasteiger partial charge >= 0.3 is 0 Å². The molecule has 6 nitrogen and oxygen atoms in total. The Morgan fingerprint density at radius 1 is 1.09 bits per heavy atom. The molecule has 2 aliphatic heterocycles. The molecule has 0 unspecified atom stereocenters. The highest BCUT2D eigenvalue weighted by Gasteiger charge is 2.40. The van der Waals surface area contributed by atoms with Crippen LogP contribution in [0.15, 0.2) is 0 Å². The zero-order chi connectivity index (χ0) is 17.4. The molecule has 23 heavy (non-hydrogen) atoms. The first kappa shape index (κ1) is 18.6. The second-order valence-corrected chi connectivity index (χ2v) is 8.23. The van der Waals surface area contributed by atoms with Crippen molar-refractivity contribution in [3.05, 3.63) is 0 Å². The van der Waals surface area contributed by atoms with E-state index in [1.807, 2.05) is 32.6 Å². The summed E-state index contributed by atoms with van der Waals surface area (Å²) in [6.45, 7) is 10.5. The number of likely N-dealkylation sites (tertiary alicyclic amines) is 2. The van der Waals surface area contributed by atoms with Gasteiger partial charge in [-0.15, -0.1) is 0 Å². The fraction of sp³-hybridized carbons (Fsp3) is 0.941. The molecule has 0 aromatic rings. The van der Waals surface area contributed by atoms with Crippen molar-refractivity contribution in [2.24, 2.45) is 11.3 Å². The van der Waals surface area contributed by atoms with Crippen LogP contribution in [0.5, 0.6) is 0 Å². The SMILES string of the molecule is C[C@@H]1[C@@H](O)[C@H](O)[C@@H](O)CN1CC1CCN(C(=O)C(C)(C)C)CC1. The lowest BCUT2D eigenvalue weighted by molar-refractivity contribution is -0.143. The van der Waals surface area contributed by atoms with E-state index in [9.17, 15) is 20.1 Å². The monoisotopic (exact) mass is 328 g/mol. The van der Waals surface area contributed by atoms with Gasteiger partial charge in [-0.25, -0.2) is 0 Å². The minimum atomic E-state index is -1.06. The minimum Gasteiger partial charge on any atom is -0.389 e. The average Bonchev–Trinajstić information content (AvgIpc) is 2.49. The smallest absolute Gasteiger partial charge is 0.227 e. The molecule has 2 saturated heterocycles. The normalized spacial score (nSPS) is 34.7. The Kier molecular flexibility index (Phi) is 5.72. The number of aliphatic hydroxyl groups excluding tert-OH is 3. The first-order valence-corrected chi connectivity index (χ1v) is 8.69. The third kappa shape index (κ3) is 4.24. The van der Waals surface area contributed by atoms with Gasteiger partial charge < -0.3 is 20.2 Å². The van der Waals surface area contributed by atoms with Crippen LogP contribution in [0.3, 0.4) is 0 Å². The molecule has 2 aliphatic rings. The lowest BCUT2D eigenvalue weighted by Gasteiger charge is -2.44. The highest BCUT2D eigenvalue weighted by atomic mass is 16.4. The van der Waals surface area contributed by atoms with Gasteiger partial charge in [-0.2, -0.15) is 0 Å². The molecule has 0 aromatic heterocycles. The highest BCUT2D eigenvalue weighted by molar-refractivity contribution is 5.81. The Hall–Kier alpha value is -0.690. The highest BCUT2D eigenvalue weighted by Crippen LogP contribution is 2.26. The van der Waals surface area contributed by atoms with Crippen molar-refractivity contribution in [2.75, 3.05) is 26.2 Å². The molecule has 0 radical (unpaired) electrons. The maximum absolute atomic E-state index is 12.3. The maximum Gasteiger partial charge on any atom is 0.227 e. The van der Waals surface area contributed by atoms with E-state index < -0.39 is 18.3 Å². The summed E-state index contributed by atoms with van der Waals surface area (Å²) in [5.74, 6) is 0.660. The third-order valence-electron chi connectivity index (χ3n) is 5.27. The Bertz CT molecular complexity index is 415. The van der Waals surface area contributed by atoms with Crippen LogP contribution in [-0.4, -0.2) is 81.6 Å². The Balaban J connectivity index is 1.86. The van der Waals surface area contributed by atoms with Gasteiger partial charge in [-0.3, -0.25) is 9.69 Å². The number of piperidine rings is 2. The van der Waals surface area contributed by atoms with Crippen LogP contribution < -0.4 is 0 Å². The van der Waals surface area contributed by atoms with Crippen molar-refractivity contribution in [3.8, 4) is 0 Å². The van der Waals surface area contributed by atoms with Gasteiger partial charge in [0.2, 0.25) is 5.91 Å². The molecule has 2 fully saturated rings. The van der Waals surface area contributed by atoms with E-state index in [0.29, 0.717) is 12.5 Å². The summed E-state index contributed by atoms with van der Waals surface area (Å²) < 4.78 is 0. The van der Waals surface area contributed by atoms with Crippen molar-refractivity contribution in [1.29, 1.82) is 0 Å². The molecule has 6 heteroatoms. The van der Waals surface area contributed by atoms with E-state index in [2.05, 4.69) is 4.90 Å². The number of hydrogen-bond donors (Lipinski definition) is 3. The molecule has 2 heterocycles. The molecule has 0 bridgehead atoms. The van der Waals surface area contributed by atoms with Crippen LogP contribution in [0.4, 0.5) is 0 Å². The number of rotatable bonds is 2. The van der Waals surface area contributed by atoms with Gasteiger partial charge in [0, 0.05) is 37.6 Å². The van der Waals surface area contributed by atoms with Gasteiger partial charge in [0.25, 0.3) is 0 Å². The van der Waals surface area contributed by atoms with Crippen LogP contribution >= 0.6 is 0 Å². The third-order valence-corrected chi connectivity index (χ3v) is 5.27. The van der Waals surface area contributed by atoms with Crippen LogP contribution in [0.25, 0.3) is 0 Å². The average molecular weight is 328 g/mol. The van der Waals surface area contributed by atoms with Gasteiger partial charge in [-0.1, -0.05) is 20.8 Å². The van der Waals surface area contributed by atoms with E-state index in [-0.39, 0.29) is 17.4 Å². The van der Waals surface area contributed by atoms with Crippen LogP contribution in [0.1, 0.15) is 40.5 Å². The van der Waals surface area contributed by atoms with Crippen molar-refractivity contribution in [1.82, 2.24) is 9.80 Å². The summed E-state index contributed by atoms with van der Waals surface area (Å²) in [7, 11) is 0. The largest absolute Gasteiger partial charge is 0.389 e. The Morgan fingerprint density at radius 2 is 1.65 bits per heavy atom. The maximum atomic E-state index is 12.3. The molecule has 1 amide bonds.